The average Bonchev–Trinajstić information content (AvgIpc) is 3.16. The molecule has 4 nitrogen and oxygen atoms in total. The molecule has 0 aliphatic rings. The van der Waals surface area contributed by atoms with Crippen molar-refractivity contribution >= 4 is 17.2 Å². The molecule has 1 N–H and O–H groups in total. The number of hydrogen-bond donors (Lipinski definition) is 1. The number of carbonyl (C=O) groups excluding carboxylic acids is 1. The zero-order valence-corrected chi connectivity index (χ0v) is 15.6. The minimum atomic E-state index is 0.0596. The highest BCUT2D eigenvalue weighted by Crippen LogP contribution is 2.22. The number of amides is 1. The van der Waals surface area contributed by atoms with Crippen molar-refractivity contribution < 1.29 is 9.53 Å². The second-order valence-corrected chi connectivity index (χ2v) is 6.89. The summed E-state index contributed by atoms with van der Waals surface area (Å²) in [6.07, 6.45) is 1.92. The summed E-state index contributed by atoms with van der Waals surface area (Å²) in [6, 6.07) is 18.0. The van der Waals surface area contributed by atoms with Crippen LogP contribution >= 0.6 is 11.3 Å². The Hall–Kier alpha value is -2.66. The van der Waals surface area contributed by atoms with E-state index in [4.69, 9.17) is 4.74 Å². The lowest BCUT2D eigenvalue weighted by molar-refractivity contribution is -0.121. The molecule has 5 heteroatoms. The molecule has 0 atom stereocenters. The Balaban J connectivity index is 1.42. The summed E-state index contributed by atoms with van der Waals surface area (Å²) in [5, 5.41) is 6.01. The van der Waals surface area contributed by atoms with E-state index in [9.17, 15) is 4.79 Å². The first-order valence-electron chi connectivity index (χ1n) is 8.64. The highest BCUT2D eigenvalue weighted by atomic mass is 32.1. The fourth-order valence-electron chi connectivity index (χ4n) is 2.65. The Bertz CT molecular complexity index is 846. The molecule has 0 fully saturated rings. The minimum absolute atomic E-state index is 0.0596. The molecule has 0 bridgehead atoms. The topological polar surface area (TPSA) is 51.2 Å². The van der Waals surface area contributed by atoms with Crippen LogP contribution in [0.4, 0.5) is 0 Å². The molecule has 3 aromatic rings. The first-order chi connectivity index (χ1) is 12.7. The molecule has 134 valence electrons. The maximum absolute atomic E-state index is 12.0. The number of benzene rings is 2. The van der Waals surface area contributed by atoms with E-state index in [1.165, 1.54) is 0 Å². The van der Waals surface area contributed by atoms with E-state index < -0.39 is 0 Å². The van der Waals surface area contributed by atoms with Crippen LogP contribution in [-0.4, -0.2) is 24.5 Å². The number of hydrogen-bond acceptors (Lipinski definition) is 4. The lowest BCUT2D eigenvalue weighted by atomic mass is 10.1. The summed E-state index contributed by atoms with van der Waals surface area (Å²) in [5.41, 5.74) is 3.24. The molecule has 1 amide bonds. The molecule has 0 unspecified atom stereocenters. The zero-order valence-electron chi connectivity index (χ0n) is 14.8. The highest BCUT2D eigenvalue weighted by Gasteiger charge is 2.07. The van der Waals surface area contributed by atoms with Crippen LogP contribution in [0.5, 0.6) is 5.75 Å². The molecule has 1 heterocycles. The van der Waals surface area contributed by atoms with Gasteiger partial charge < -0.3 is 10.1 Å². The first kappa shape index (κ1) is 18.1. The van der Waals surface area contributed by atoms with Crippen LogP contribution in [0.3, 0.4) is 0 Å². The fraction of sp³-hybridized carbons (Fsp3) is 0.238. The number of carbonyl (C=O) groups is 1. The van der Waals surface area contributed by atoms with Gasteiger partial charge in [0, 0.05) is 30.3 Å². The largest absolute Gasteiger partial charge is 0.497 e. The number of methoxy groups -OCH3 is 1. The average molecular weight is 366 g/mol. The third-order valence-electron chi connectivity index (χ3n) is 4.06. The van der Waals surface area contributed by atoms with Gasteiger partial charge in [0.05, 0.1) is 17.8 Å². The van der Waals surface area contributed by atoms with Gasteiger partial charge in [0.1, 0.15) is 5.75 Å². The molecule has 0 aliphatic carbocycles. The number of rotatable bonds is 8. The predicted octanol–water partition coefficient (Wildman–Crippen LogP) is 4.11. The lowest BCUT2D eigenvalue weighted by Gasteiger charge is -2.06. The molecule has 2 aromatic carbocycles. The Morgan fingerprint density at radius 1 is 1.12 bits per heavy atom. The van der Waals surface area contributed by atoms with Gasteiger partial charge in [-0.3, -0.25) is 4.79 Å². The van der Waals surface area contributed by atoms with Crippen molar-refractivity contribution in [2.24, 2.45) is 0 Å². The fourth-order valence-corrected chi connectivity index (χ4v) is 3.46. The normalized spacial score (nSPS) is 10.5. The van der Waals surface area contributed by atoms with Gasteiger partial charge in [0.2, 0.25) is 5.91 Å². The van der Waals surface area contributed by atoms with Crippen molar-refractivity contribution in [2.75, 3.05) is 13.7 Å². The van der Waals surface area contributed by atoms with Crippen LogP contribution in [0.1, 0.15) is 17.0 Å². The summed E-state index contributed by atoms with van der Waals surface area (Å²) in [6.45, 7) is 0.624. The minimum Gasteiger partial charge on any atom is -0.497 e. The third kappa shape index (κ3) is 5.17. The number of aryl methyl sites for hydroxylation is 1. The maximum Gasteiger partial charge on any atom is 0.220 e. The predicted molar refractivity (Wildman–Crippen MR) is 106 cm³/mol. The smallest absolute Gasteiger partial charge is 0.220 e. The second-order valence-electron chi connectivity index (χ2n) is 5.94. The lowest BCUT2D eigenvalue weighted by Crippen LogP contribution is -2.25. The highest BCUT2D eigenvalue weighted by molar-refractivity contribution is 7.09. The van der Waals surface area contributed by atoms with Crippen LogP contribution < -0.4 is 10.1 Å². The molecular formula is C21H22N2O2S. The number of nitrogens with one attached hydrogen (secondary N) is 1. The SMILES string of the molecule is COc1cccc(CCNC(=O)CCc2nc(-c3ccccc3)cs2)c1. The van der Waals surface area contributed by atoms with Gasteiger partial charge >= 0.3 is 0 Å². The van der Waals surface area contributed by atoms with E-state index in [1.807, 2.05) is 60.0 Å². The molecular weight excluding hydrogens is 344 g/mol. The summed E-state index contributed by atoms with van der Waals surface area (Å²) in [4.78, 5) is 16.7. The molecule has 26 heavy (non-hydrogen) atoms. The quantitative estimate of drug-likeness (QED) is 0.653. The molecule has 0 radical (unpaired) electrons. The van der Waals surface area contributed by atoms with E-state index in [0.717, 1.165) is 34.0 Å². The molecule has 3 rings (SSSR count). The number of thiazole rings is 1. The molecule has 0 spiro atoms. The van der Waals surface area contributed by atoms with E-state index in [1.54, 1.807) is 18.4 Å². The van der Waals surface area contributed by atoms with Gasteiger partial charge in [-0.25, -0.2) is 4.98 Å². The van der Waals surface area contributed by atoms with E-state index in [2.05, 4.69) is 10.3 Å². The van der Waals surface area contributed by atoms with E-state index in [-0.39, 0.29) is 5.91 Å². The third-order valence-corrected chi connectivity index (χ3v) is 4.97. The van der Waals surface area contributed by atoms with Gasteiger partial charge in [-0.2, -0.15) is 0 Å². The van der Waals surface area contributed by atoms with Gasteiger partial charge in [0.15, 0.2) is 0 Å². The van der Waals surface area contributed by atoms with E-state index in [0.29, 0.717) is 19.4 Å². The van der Waals surface area contributed by atoms with Crippen molar-refractivity contribution in [1.82, 2.24) is 10.3 Å². The number of ether oxygens (including phenoxy) is 1. The van der Waals surface area contributed by atoms with Gasteiger partial charge in [0.25, 0.3) is 0 Å². The van der Waals surface area contributed by atoms with Crippen molar-refractivity contribution in [1.29, 1.82) is 0 Å². The summed E-state index contributed by atoms with van der Waals surface area (Å²) in [7, 11) is 1.66. The van der Waals surface area contributed by atoms with Crippen molar-refractivity contribution in [2.45, 2.75) is 19.3 Å². The molecule has 1 aromatic heterocycles. The molecule has 0 aliphatic heterocycles. The maximum atomic E-state index is 12.0. The van der Waals surface area contributed by atoms with Crippen molar-refractivity contribution in [3.63, 3.8) is 0 Å². The molecule has 0 saturated carbocycles. The van der Waals surface area contributed by atoms with Gasteiger partial charge in [-0.15, -0.1) is 11.3 Å². The Labute approximate surface area is 157 Å². The first-order valence-corrected chi connectivity index (χ1v) is 9.52. The Kier molecular flexibility index (Phi) is 6.39. The number of nitrogens with zero attached hydrogens (tertiary/aromatic N) is 1. The Morgan fingerprint density at radius 2 is 1.96 bits per heavy atom. The van der Waals surface area contributed by atoms with Crippen LogP contribution in [0.15, 0.2) is 60.0 Å². The van der Waals surface area contributed by atoms with Crippen molar-refractivity contribution in [3.05, 3.63) is 70.5 Å². The standard InChI is InChI=1S/C21H22N2O2S/c1-25-18-9-5-6-16(14-18)12-13-22-20(24)10-11-21-23-19(15-26-21)17-7-3-2-4-8-17/h2-9,14-15H,10-13H2,1H3,(H,22,24). The van der Waals surface area contributed by atoms with Crippen LogP contribution in [-0.2, 0) is 17.6 Å². The summed E-state index contributed by atoms with van der Waals surface area (Å²) < 4.78 is 5.21. The van der Waals surface area contributed by atoms with Gasteiger partial charge in [-0.1, -0.05) is 42.5 Å². The number of aromatic nitrogens is 1. The Morgan fingerprint density at radius 3 is 2.77 bits per heavy atom. The van der Waals surface area contributed by atoms with Gasteiger partial charge in [-0.05, 0) is 24.1 Å². The van der Waals surface area contributed by atoms with Crippen LogP contribution in [0.25, 0.3) is 11.3 Å². The zero-order chi connectivity index (χ0) is 18.2. The van der Waals surface area contributed by atoms with Crippen LogP contribution in [0, 0.1) is 0 Å². The van der Waals surface area contributed by atoms with E-state index >= 15 is 0 Å². The summed E-state index contributed by atoms with van der Waals surface area (Å²) in [5.74, 6) is 0.899. The summed E-state index contributed by atoms with van der Waals surface area (Å²) >= 11 is 1.61. The monoisotopic (exact) mass is 366 g/mol. The second kappa shape index (κ2) is 9.15. The van der Waals surface area contributed by atoms with Crippen molar-refractivity contribution in [3.8, 4) is 17.0 Å². The molecule has 0 saturated heterocycles. The van der Waals surface area contributed by atoms with Crippen LogP contribution in [0.2, 0.25) is 0 Å².